The van der Waals surface area contributed by atoms with Crippen LogP contribution in [-0.2, 0) is 9.53 Å². The second kappa shape index (κ2) is 9.54. The van der Waals surface area contributed by atoms with Crippen molar-refractivity contribution in [2.45, 2.75) is 19.9 Å². The number of benzene rings is 2. The van der Waals surface area contributed by atoms with Crippen LogP contribution < -0.4 is 33.8 Å². The average molecular weight is 509 g/mol. The molecule has 2 aromatic carbocycles. The van der Waals surface area contributed by atoms with Crippen LogP contribution in [-0.4, -0.2) is 38.2 Å². The number of hydrogen-bond acceptors (Lipinski definition) is 9. The van der Waals surface area contributed by atoms with E-state index in [4.69, 9.17) is 23.7 Å². The molecular formula is C26H24N2O7S. The highest BCUT2D eigenvalue weighted by molar-refractivity contribution is 7.07. The van der Waals surface area contributed by atoms with E-state index in [0.717, 1.165) is 0 Å². The quantitative estimate of drug-likeness (QED) is 0.472. The van der Waals surface area contributed by atoms with Gasteiger partial charge < -0.3 is 23.7 Å². The van der Waals surface area contributed by atoms with Crippen molar-refractivity contribution < 1.29 is 28.5 Å². The summed E-state index contributed by atoms with van der Waals surface area (Å²) < 4.78 is 29.1. The van der Waals surface area contributed by atoms with Gasteiger partial charge in [0.05, 0.1) is 42.7 Å². The number of fused-ring (bicyclic) bond motifs is 2. The Kier molecular flexibility index (Phi) is 6.27. The molecule has 1 aromatic heterocycles. The SMILES string of the molecule is CCOC(=O)C1=C(C)N=c2sc(=Cc3cc(OC)ccc3OC)c(=O)n2[C@@H]1c1ccc2c(c1)OCO2. The summed E-state index contributed by atoms with van der Waals surface area (Å²) in [5, 5.41) is 0. The maximum atomic E-state index is 13.8. The molecule has 36 heavy (non-hydrogen) atoms. The third kappa shape index (κ3) is 4.03. The molecule has 5 rings (SSSR count). The lowest BCUT2D eigenvalue weighted by molar-refractivity contribution is -0.139. The molecule has 2 aliphatic heterocycles. The molecule has 0 unspecified atom stereocenters. The van der Waals surface area contributed by atoms with Crippen molar-refractivity contribution in [3.63, 3.8) is 0 Å². The number of methoxy groups -OCH3 is 2. The van der Waals surface area contributed by atoms with E-state index in [1.165, 1.54) is 15.9 Å². The van der Waals surface area contributed by atoms with Crippen LogP contribution in [0.2, 0.25) is 0 Å². The Hall–Kier alpha value is -4.05. The Bertz CT molecular complexity index is 1570. The molecule has 0 saturated heterocycles. The van der Waals surface area contributed by atoms with Gasteiger partial charge in [-0.3, -0.25) is 9.36 Å². The third-order valence-electron chi connectivity index (χ3n) is 5.95. The average Bonchev–Trinajstić information content (AvgIpc) is 3.47. The van der Waals surface area contributed by atoms with Gasteiger partial charge in [-0.2, -0.15) is 0 Å². The topological polar surface area (TPSA) is 97.6 Å². The standard InChI is InChI=1S/C26H24N2O7S/c1-5-33-25(30)22-14(2)27-26-28(23(22)15-6-8-19-20(11-15)35-13-34-19)24(29)21(36-26)12-16-10-17(31-3)7-9-18(16)32-4/h6-12,23H,5,13H2,1-4H3/t23-/m1/s1. The van der Waals surface area contributed by atoms with Crippen molar-refractivity contribution in [3.05, 3.63) is 78.5 Å². The number of nitrogens with zero attached hydrogens (tertiary/aromatic N) is 2. The van der Waals surface area contributed by atoms with Gasteiger partial charge in [-0.1, -0.05) is 17.4 Å². The van der Waals surface area contributed by atoms with Gasteiger partial charge in [0.1, 0.15) is 11.5 Å². The number of ether oxygens (including phenoxy) is 5. The molecule has 0 amide bonds. The van der Waals surface area contributed by atoms with Crippen molar-refractivity contribution in [1.82, 2.24) is 4.57 Å². The zero-order valence-corrected chi connectivity index (χ0v) is 21.0. The van der Waals surface area contributed by atoms with Crippen LogP contribution in [0.4, 0.5) is 0 Å². The van der Waals surface area contributed by atoms with E-state index in [-0.39, 0.29) is 19.0 Å². The molecule has 0 spiro atoms. The number of esters is 1. The molecule has 186 valence electrons. The van der Waals surface area contributed by atoms with E-state index >= 15 is 0 Å². The van der Waals surface area contributed by atoms with Crippen LogP contribution in [0.15, 0.2) is 57.5 Å². The van der Waals surface area contributed by atoms with Crippen molar-refractivity contribution in [2.24, 2.45) is 4.99 Å². The summed E-state index contributed by atoms with van der Waals surface area (Å²) in [4.78, 5) is 31.9. The van der Waals surface area contributed by atoms with Crippen LogP contribution in [0.1, 0.15) is 31.0 Å². The second-order valence-corrected chi connectivity index (χ2v) is 9.03. The second-order valence-electron chi connectivity index (χ2n) is 8.02. The minimum absolute atomic E-state index is 0.115. The Morgan fingerprint density at radius 1 is 1.17 bits per heavy atom. The number of hydrogen-bond donors (Lipinski definition) is 0. The van der Waals surface area contributed by atoms with E-state index in [1.807, 2.05) is 6.07 Å². The van der Waals surface area contributed by atoms with Crippen molar-refractivity contribution >= 4 is 23.4 Å². The smallest absolute Gasteiger partial charge is 0.338 e. The van der Waals surface area contributed by atoms with Gasteiger partial charge in [0.25, 0.3) is 5.56 Å². The van der Waals surface area contributed by atoms with E-state index in [2.05, 4.69) is 4.99 Å². The van der Waals surface area contributed by atoms with Crippen molar-refractivity contribution in [3.8, 4) is 23.0 Å². The summed E-state index contributed by atoms with van der Waals surface area (Å²) in [6.45, 7) is 3.79. The molecule has 0 aliphatic carbocycles. The summed E-state index contributed by atoms with van der Waals surface area (Å²) >= 11 is 1.23. The molecule has 2 aliphatic rings. The molecule has 1 atom stereocenters. The Morgan fingerprint density at radius 3 is 2.72 bits per heavy atom. The Labute approximate surface area is 210 Å². The largest absolute Gasteiger partial charge is 0.497 e. The molecule has 0 saturated carbocycles. The van der Waals surface area contributed by atoms with Crippen molar-refractivity contribution in [1.29, 1.82) is 0 Å². The lowest BCUT2D eigenvalue weighted by Crippen LogP contribution is -2.39. The molecule has 9 nitrogen and oxygen atoms in total. The highest BCUT2D eigenvalue weighted by atomic mass is 32.1. The maximum absolute atomic E-state index is 13.8. The first kappa shape index (κ1) is 23.7. The molecular weight excluding hydrogens is 484 g/mol. The van der Waals surface area contributed by atoms with Crippen molar-refractivity contribution in [2.75, 3.05) is 27.6 Å². The zero-order chi connectivity index (χ0) is 25.4. The summed E-state index contributed by atoms with van der Waals surface area (Å²) in [5.74, 6) is 1.86. The minimum Gasteiger partial charge on any atom is -0.497 e. The molecule has 10 heteroatoms. The highest BCUT2D eigenvalue weighted by Crippen LogP contribution is 2.38. The molecule has 0 fully saturated rings. The predicted molar refractivity (Wildman–Crippen MR) is 133 cm³/mol. The van der Waals surface area contributed by atoms with Gasteiger partial charge in [0.15, 0.2) is 16.3 Å². The number of allylic oxidation sites excluding steroid dienone is 1. The Morgan fingerprint density at radius 2 is 1.97 bits per heavy atom. The fraction of sp³-hybridized carbons (Fsp3) is 0.269. The first-order chi connectivity index (χ1) is 17.4. The van der Waals surface area contributed by atoms with Crippen LogP contribution in [0.25, 0.3) is 6.08 Å². The summed E-state index contributed by atoms with van der Waals surface area (Å²) in [7, 11) is 3.14. The molecule has 0 bridgehead atoms. The first-order valence-electron chi connectivity index (χ1n) is 11.3. The predicted octanol–water partition coefficient (Wildman–Crippen LogP) is 2.54. The molecule has 0 radical (unpaired) electrons. The number of carbonyl (C=O) groups excluding carboxylic acids is 1. The van der Waals surface area contributed by atoms with Crippen LogP contribution in [0, 0.1) is 0 Å². The van der Waals surface area contributed by atoms with Gasteiger partial charge in [-0.05, 0) is 55.8 Å². The molecule has 3 heterocycles. The van der Waals surface area contributed by atoms with Gasteiger partial charge in [-0.15, -0.1) is 0 Å². The summed E-state index contributed by atoms with van der Waals surface area (Å²) in [5.41, 5.74) is 1.86. The number of aromatic nitrogens is 1. The summed E-state index contributed by atoms with van der Waals surface area (Å²) in [6.07, 6.45) is 1.74. The van der Waals surface area contributed by atoms with Gasteiger partial charge in [0.2, 0.25) is 6.79 Å². The van der Waals surface area contributed by atoms with Gasteiger partial charge in [-0.25, -0.2) is 9.79 Å². The zero-order valence-electron chi connectivity index (χ0n) is 20.2. The highest BCUT2D eigenvalue weighted by Gasteiger charge is 2.34. The summed E-state index contributed by atoms with van der Waals surface area (Å²) in [6, 6.07) is 9.98. The first-order valence-corrected chi connectivity index (χ1v) is 12.1. The lowest BCUT2D eigenvalue weighted by atomic mass is 9.95. The number of thiazole rings is 1. The molecule has 0 N–H and O–H groups in total. The van der Waals surface area contributed by atoms with Crippen LogP contribution in [0.3, 0.4) is 0 Å². The van der Waals surface area contributed by atoms with E-state index in [1.54, 1.807) is 64.5 Å². The third-order valence-corrected chi connectivity index (χ3v) is 6.94. The van der Waals surface area contributed by atoms with Crippen LogP contribution in [0.5, 0.6) is 23.0 Å². The maximum Gasteiger partial charge on any atom is 0.338 e. The Balaban J connectivity index is 1.73. The van der Waals surface area contributed by atoms with Gasteiger partial charge in [0, 0.05) is 5.56 Å². The fourth-order valence-electron chi connectivity index (χ4n) is 4.28. The van der Waals surface area contributed by atoms with E-state index in [0.29, 0.717) is 54.7 Å². The lowest BCUT2D eigenvalue weighted by Gasteiger charge is -2.24. The normalized spacial score (nSPS) is 16.4. The monoisotopic (exact) mass is 508 g/mol. The van der Waals surface area contributed by atoms with Gasteiger partial charge >= 0.3 is 5.97 Å². The number of carbonyl (C=O) groups is 1. The fourth-order valence-corrected chi connectivity index (χ4v) is 5.32. The van der Waals surface area contributed by atoms with E-state index < -0.39 is 12.0 Å². The van der Waals surface area contributed by atoms with Crippen LogP contribution >= 0.6 is 11.3 Å². The number of rotatable bonds is 6. The van der Waals surface area contributed by atoms with E-state index in [9.17, 15) is 9.59 Å². The molecule has 3 aromatic rings. The minimum atomic E-state index is -0.746.